The molecule has 1 fully saturated rings. The molecule has 1 heterocycles. The van der Waals surface area contributed by atoms with E-state index in [4.69, 9.17) is 0 Å². The molecule has 1 aromatic rings. The molecule has 2 aliphatic rings. The van der Waals surface area contributed by atoms with Crippen LogP contribution in [0.5, 0.6) is 0 Å². The van der Waals surface area contributed by atoms with Crippen molar-refractivity contribution in [3.8, 4) is 0 Å². The fraction of sp³-hybridized carbons (Fsp3) is 0.600. The number of hydrogen-bond donors (Lipinski definition) is 2. The SMILES string of the molecule is CN=C(NCC1(N(C)C)Cc2ccccc2C1)NC1CCC(=O)N(C)C1.I. The number of nitrogens with zero attached hydrogens (tertiary/aromatic N) is 3. The van der Waals surface area contributed by atoms with E-state index in [9.17, 15) is 4.79 Å². The van der Waals surface area contributed by atoms with Crippen LogP contribution in [0.3, 0.4) is 0 Å². The summed E-state index contributed by atoms with van der Waals surface area (Å²) in [5, 5.41) is 7.02. The van der Waals surface area contributed by atoms with Crippen LogP contribution in [0.2, 0.25) is 0 Å². The maximum Gasteiger partial charge on any atom is 0.222 e. The summed E-state index contributed by atoms with van der Waals surface area (Å²) < 4.78 is 0. The highest BCUT2D eigenvalue weighted by atomic mass is 127. The molecule has 6 nitrogen and oxygen atoms in total. The summed E-state index contributed by atoms with van der Waals surface area (Å²) in [5.41, 5.74) is 2.94. The molecule has 0 bridgehead atoms. The molecule has 1 amide bonds. The van der Waals surface area contributed by atoms with Gasteiger partial charge in [0.2, 0.25) is 5.91 Å². The Hall–Kier alpha value is -1.35. The molecule has 150 valence electrons. The third-order valence-electron chi connectivity index (χ3n) is 5.88. The number of likely N-dealkylation sites (tertiary alicyclic amines) is 1. The van der Waals surface area contributed by atoms with Gasteiger partial charge in [-0.15, -0.1) is 24.0 Å². The number of benzene rings is 1. The fourth-order valence-electron chi connectivity index (χ4n) is 4.04. The predicted octanol–water partition coefficient (Wildman–Crippen LogP) is 1.49. The van der Waals surface area contributed by atoms with E-state index in [0.717, 1.165) is 38.3 Å². The summed E-state index contributed by atoms with van der Waals surface area (Å²) in [6.07, 6.45) is 3.54. The van der Waals surface area contributed by atoms with E-state index in [-0.39, 0.29) is 41.5 Å². The van der Waals surface area contributed by atoms with Crippen LogP contribution in [0, 0.1) is 0 Å². The highest BCUT2D eigenvalue weighted by molar-refractivity contribution is 14.0. The van der Waals surface area contributed by atoms with Gasteiger partial charge >= 0.3 is 0 Å². The molecule has 1 unspecified atom stereocenters. The molecule has 1 aliphatic carbocycles. The first-order valence-corrected chi connectivity index (χ1v) is 9.39. The second-order valence-corrected chi connectivity index (χ2v) is 7.82. The number of nitrogens with one attached hydrogen (secondary N) is 2. The van der Waals surface area contributed by atoms with Crippen molar-refractivity contribution < 1.29 is 4.79 Å². The van der Waals surface area contributed by atoms with Gasteiger partial charge in [-0.25, -0.2) is 0 Å². The number of carbonyl (C=O) groups is 1. The molecular formula is C20H32IN5O. The predicted molar refractivity (Wildman–Crippen MR) is 121 cm³/mol. The molecule has 0 aromatic heterocycles. The standard InChI is InChI=1S/C20H31N5O.HI/c1-21-19(23-17-9-10-18(26)25(4)13-17)22-14-20(24(2)3)11-15-7-5-6-8-16(15)12-20;/h5-8,17H,9-14H2,1-4H3,(H2,21,22,23);1H. The van der Waals surface area contributed by atoms with E-state index >= 15 is 0 Å². The minimum absolute atomic E-state index is 0. The third-order valence-corrected chi connectivity index (χ3v) is 5.88. The topological polar surface area (TPSA) is 60.0 Å². The van der Waals surface area contributed by atoms with Gasteiger partial charge < -0.3 is 20.4 Å². The summed E-state index contributed by atoms with van der Waals surface area (Å²) >= 11 is 0. The van der Waals surface area contributed by atoms with Gasteiger partial charge in [-0.2, -0.15) is 0 Å². The van der Waals surface area contributed by atoms with Crippen LogP contribution in [0.15, 0.2) is 29.3 Å². The maximum atomic E-state index is 11.7. The number of carbonyl (C=O) groups excluding carboxylic acids is 1. The van der Waals surface area contributed by atoms with Crippen LogP contribution in [-0.4, -0.2) is 74.5 Å². The highest BCUT2D eigenvalue weighted by Gasteiger charge is 2.39. The van der Waals surface area contributed by atoms with E-state index < -0.39 is 0 Å². The zero-order valence-electron chi connectivity index (χ0n) is 16.8. The Labute approximate surface area is 179 Å². The highest BCUT2D eigenvalue weighted by Crippen LogP contribution is 2.33. The molecule has 1 aliphatic heterocycles. The molecule has 7 heteroatoms. The summed E-state index contributed by atoms with van der Waals surface area (Å²) in [4.78, 5) is 20.2. The van der Waals surface area contributed by atoms with Gasteiger partial charge in [0.05, 0.1) is 0 Å². The van der Waals surface area contributed by atoms with Crippen LogP contribution >= 0.6 is 24.0 Å². The number of amides is 1. The number of piperidine rings is 1. The summed E-state index contributed by atoms with van der Waals surface area (Å²) in [6, 6.07) is 8.98. The first-order valence-electron chi connectivity index (χ1n) is 9.39. The Morgan fingerprint density at radius 2 is 1.93 bits per heavy atom. The largest absolute Gasteiger partial charge is 0.355 e. The van der Waals surface area contributed by atoms with Crippen molar-refractivity contribution in [3.05, 3.63) is 35.4 Å². The Kier molecular flexibility index (Phi) is 7.50. The van der Waals surface area contributed by atoms with E-state index in [1.807, 2.05) is 7.05 Å². The molecule has 3 rings (SSSR count). The third kappa shape index (κ3) is 4.93. The van der Waals surface area contributed by atoms with Crippen molar-refractivity contribution in [2.45, 2.75) is 37.3 Å². The lowest BCUT2D eigenvalue weighted by atomic mass is 9.94. The molecule has 0 saturated carbocycles. The van der Waals surface area contributed by atoms with Gasteiger partial charge in [0.15, 0.2) is 5.96 Å². The minimum atomic E-state index is 0. The Balaban J connectivity index is 0.00000261. The molecule has 1 saturated heterocycles. The number of fused-ring (bicyclic) bond motifs is 1. The Bertz CT molecular complexity index is 666. The molecule has 0 radical (unpaired) electrons. The van der Waals surface area contributed by atoms with E-state index in [1.165, 1.54) is 11.1 Å². The molecule has 2 N–H and O–H groups in total. The molecular weight excluding hydrogens is 453 g/mol. The minimum Gasteiger partial charge on any atom is -0.355 e. The van der Waals surface area contributed by atoms with Gasteiger partial charge in [0.1, 0.15) is 0 Å². The van der Waals surface area contributed by atoms with Crippen LogP contribution in [0.4, 0.5) is 0 Å². The zero-order valence-corrected chi connectivity index (χ0v) is 19.1. The van der Waals surface area contributed by atoms with E-state index in [2.05, 4.69) is 58.9 Å². The molecule has 0 spiro atoms. The molecule has 27 heavy (non-hydrogen) atoms. The first-order chi connectivity index (χ1) is 12.4. The van der Waals surface area contributed by atoms with Crippen LogP contribution in [0.25, 0.3) is 0 Å². The monoisotopic (exact) mass is 485 g/mol. The van der Waals surface area contributed by atoms with Crippen molar-refractivity contribution >= 4 is 35.8 Å². The van der Waals surface area contributed by atoms with Gasteiger partial charge in [0, 0.05) is 45.2 Å². The van der Waals surface area contributed by atoms with Crippen LogP contribution in [0.1, 0.15) is 24.0 Å². The Morgan fingerprint density at radius 1 is 1.30 bits per heavy atom. The van der Waals surface area contributed by atoms with E-state index in [1.54, 1.807) is 11.9 Å². The number of hydrogen-bond acceptors (Lipinski definition) is 3. The molecule has 1 atom stereocenters. The summed E-state index contributed by atoms with van der Waals surface area (Å²) in [7, 11) is 7.98. The Morgan fingerprint density at radius 3 is 2.44 bits per heavy atom. The normalized spacial score (nSPS) is 21.7. The maximum absolute atomic E-state index is 11.7. The summed E-state index contributed by atoms with van der Waals surface area (Å²) in [5.74, 6) is 1.04. The zero-order chi connectivity index (χ0) is 18.7. The number of guanidine groups is 1. The smallest absolute Gasteiger partial charge is 0.222 e. The van der Waals surface area contributed by atoms with Crippen molar-refractivity contribution in [1.29, 1.82) is 0 Å². The van der Waals surface area contributed by atoms with Crippen molar-refractivity contribution in [3.63, 3.8) is 0 Å². The summed E-state index contributed by atoms with van der Waals surface area (Å²) in [6.45, 7) is 1.56. The second-order valence-electron chi connectivity index (χ2n) is 7.82. The average Bonchev–Trinajstić information content (AvgIpc) is 3.01. The number of rotatable bonds is 4. The first kappa shape index (κ1) is 21.9. The van der Waals surface area contributed by atoms with Gasteiger partial charge in [0.25, 0.3) is 0 Å². The van der Waals surface area contributed by atoms with Crippen LogP contribution in [-0.2, 0) is 17.6 Å². The average molecular weight is 485 g/mol. The van der Waals surface area contributed by atoms with E-state index in [0.29, 0.717) is 6.42 Å². The fourth-order valence-corrected chi connectivity index (χ4v) is 4.04. The van der Waals surface area contributed by atoms with Gasteiger partial charge in [-0.3, -0.25) is 9.79 Å². The number of aliphatic imine (C=N–C) groups is 1. The molecule has 1 aromatic carbocycles. The second kappa shape index (κ2) is 9.23. The van der Waals surface area contributed by atoms with Gasteiger partial charge in [-0.1, -0.05) is 24.3 Å². The van der Waals surface area contributed by atoms with Crippen LogP contribution < -0.4 is 10.6 Å². The van der Waals surface area contributed by atoms with Crippen molar-refractivity contribution in [2.24, 2.45) is 4.99 Å². The lowest BCUT2D eigenvalue weighted by Gasteiger charge is -2.37. The number of likely N-dealkylation sites (N-methyl/N-ethyl adjacent to an activating group) is 2. The van der Waals surface area contributed by atoms with Gasteiger partial charge in [-0.05, 0) is 44.5 Å². The number of halogens is 1. The van der Waals surface area contributed by atoms with Crippen molar-refractivity contribution in [2.75, 3.05) is 41.3 Å². The van der Waals surface area contributed by atoms with Crippen molar-refractivity contribution in [1.82, 2.24) is 20.4 Å². The lowest BCUT2D eigenvalue weighted by molar-refractivity contribution is -0.132. The quantitative estimate of drug-likeness (QED) is 0.386. The lowest BCUT2D eigenvalue weighted by Crippen LogP contribution is -2.57.